The monoisotopic (exact) mass is 300 g/mol. The number of urea groups is 1. The van der Waals surface area contributed by atoms with Gasteiger partial charge in [0.2, 0.25) is 0 Å². The van der Waals surface area contributed by atoms with E-state index in [9.17, 15) is 4.79 Å². The number of likely N-dealkylation sites (tertiary alicyclic amines) is 1. The summed E-state index contributed by atoms with van der Waals surface area (Å²) >= 11 is 0. The maximum absolute atomic E-state index is 12.3. The van der Waals surface area contributed by atoms with E-state index in [2.05, 4.69) is 18.2 Å². The van der Waals surface area contributed by atoms with Gasteiger partial charge in [-0.05, 0) is 55.9 Å². The lowest BCUT2D eigenvalue weighted by Crippen LogP contribution is -2.41. The highest BCUT2D eigenvalue weighted by molar-refractivity contribution is 5.89. The maximum Gasteiger partial charge on any atom is 0.321 e. The first-order valence-corrected chi connectivity index (χ1v) is 7.74. The molecule has 1 fully saturated rings. The van der Waals surface area contributed by atoms with Crippen LogP contribution in [-0.2, 0) is 4.74 Å². The van der Waals surface area contributed by atoms with Gasteiger partial charge in [0.15, 0.2) is 0 Å². The fourth-order valence-electron chi connectivity index (χ4n) is 2.61. The number of amides is 2. The number of anilines is 1. The van der Waals surface area contributed by atoms with E-state index in [1.54, 1.807) is 0 Å². The quantitative estimate of drug-likeness (QED) is 0.685. The third kappa shape index (κ3) is 4.51. The first-order chi connectivity index (χ1) is 10.6. The average molecular weight is 300 g/mol. The number of aryl methyl sites for hydroxylation is 2. The standard InChI is InChI=1S/C18H24N2O2/c1-4-11-22-13-16-7-9-20(10-8-16)18(21)19-17-6-5-14(2)15(3)12-17/h1,5-6,12,16H,7-11,13H2,2-3H3,(H,19,21). The summed E-state index contributed by atoms with van der Waals surface area (Å²) in [6.07, 6.45) is 7.09. The summed E-state index contributed by atoms with van der Waals surface area (Å²) in [6, 6.07) is 5.96. The molecule has 0 radical (unpaired) electrons. The molecule has 1 aliphatic rings. The molecule has 2 rings (SSSR count). The molecule has 0 saturated carbocycles. The number of nitrogens with zero attached hydrogens (tertiary/aromatic N) is 1. The Balaban J connectivity index is 1.80. The van der Waals surface area contributed by atoms with Gasteiger partial charge in [-0.15, -0.1) is 6.42 Å². The molecule has 0 aromatic heterocycles. The number of terminal acetylenes is 1. The highest BCUT2D eigenvalue weighted by atomic mass is 16.5. The second-order valence-electron chi connectivity index (χ2n) is 5.88. The van der Waals surface area contributed by atoms with Gasteiger partial charge in [-0.25, -0.2) is 4.79 Å². The van der Waals surface area contributed by atoms with Gasteiger partial charge in [0.1, 0.15) is 6.61 Å². The molecule has 2 amide bonds. The molecular formula is C18H24N2O2. The molecule has 0 unspecified atom stereocenters. The van der Waals surface area contributed by atoms with Crippen molar-refractivity contribution in [2.45, 2.75) is 26.7 Å². The van der Waals surface area contributed by atoms with E-state index < -0.39 is 0 Å². The summed E-state index contributed by atoms with van der Waals surface area (Å²) in [5, 5.41) is 2.98. The van der Waals surface area contributed by atoms with Gasteiger partial charge in [0, 0.05) is 18.8 Å². The predicted octanol–water partition coefficient (Wildman–Crippen LogP) is 3.20. The number of piperidine rings is 1. The molecule has 1 N–H and O–H groups in total. The van der Waals surface area contributed by atoms with Crippen molar-refractivity contribution in [1.82, 2.24) is 4.90 Å². The minimum Gasteiger partial charge on any atom is -0.369 e. The smallest absolute Gasteiger partial charge is 0.321 e. The summed E-state index contributed by atoms with van der Waals surface area (Å²) in [7, 11) is 0. The lowest BCUT2D eigenvalue weighted by atomic mass is 9.98. The summed E-state index contributed by atoms with van der Waals surface area (Å²) in [5.41, 5.74) is 3.26. The SMILES string of the molecule is C#CCOCC1CCN(C(=O)Nc2ccc(C)c(C)c2)CC1. The molecule has 4 nitrogen and oxygen atoms in total. The van der Waals surface area contributed by atoms with Crippen LogP contribution in [0, 0.1) is 32.1 Å². The largest absolute Gasteiger partial charge is 0.369 e. The zero-order valence-corrected chi connectivity index (χ0v) is 13.4. The highest BCUT2D eigenvalue weighted by Gasteiger charge is 2.22. The number of rotatable bonds is 4. The minimum atomic E-state index is -0.0220. The number of carbonyl (C=O) groups is 1. The number of hydrogen-bond donors (Lipinski definition) is 1. The third-order valence-electron chi connectivity index (χ3n) is 4.20. The van der Waals surface area contributed by atoms with Gasteiger partial charge >= 0.3 is 6.03 Å². The van der Waals surface area contributed by atoms with Crippen LogP contribution in [0.15, 0.2) is 18.2 Å². The molecule has 118 valence electrons. The Hall–Kier alpha value is -1.99. The lowest BCUT2D eigenvalue weighted by Gasteiger charge is -2.31. The van der Waals surface area contributed by atoms with E-state index in [1.807, 2.05) is 30.0 Å². The second-order valence-corrected chi connectivity index (χ2v) is 5.88. The molecule has 22 heavy (non-hydrogen) atoms. The Morgan fingerprint density at radius 2 is 2.09 bits per heavy atom. The number of benzene rings is 1. The molecule has 0 atom stereocenters. The van der Waals surface area contributed by atoms with Crippen LogP contribution in [0.3, 0.4) is 0 Å². The van der Waals surface area contributed by atoms with Gasteiger partial charge in [0.25, 0.3) is 0 Å². The topological polar surface area (TPSA) is 41.6 Å². The average Bonchev–Trinajstić information content (AvgIpc) is 2.52. The Bertz CT molecular complexity index is 555. The van der Waals surface area contributed by atoms with E-state index in [0.29, 0.717) is 19.1 Å². The van der Waals surface area contributed by atoms with Crippen molar-refractivity contribution >= 4 is 11.7 Å². The normalized spacial score (nSPS) is 15.4. The van der Waals surface area contributed by atoms with E-state index in [0.717, 1.165) is 31.6 Å². The van der Waals surface area contributed by atoms with Crippen LogP contribution in [0.25, 0.3) is 0 Å². The first kappa shape index (κ1) is 16.4. The number of ether oxygens (including phenoxy) is 1. The van der Waals surface area contributed by atoms with Gasteiger partial charge in [-0.2, -0.15) is 0 Å². The van der Waals surface area contributed by atoms with Crippen molar-refractivity contribution in [1.29, 1.82) is 0 Å². The Morgan fingerprint density at radius 3 is 2.73 bits per heavy atom. The molecule has 0 bridgehead atoms. The maximum atomic E-state index is 12.3. The highest BCUT2D eigenvalue weighted by Crippen LogP contribution is 2.19. The van der Waals surface area contributed by atoms with Crippen molar-refractivity contribution in [3.8, 4) is 12.3 Å². The predicted molar refractivity (Wildman–Crippen MR) is 88.9 cm³/mol. The van der Waals surface area contributed by atoms with Crippen LogP contribution < -0.4 is 5.32 Å². The molecule has 0 aliphatic carbocycles. The zero-order chi connectivity index (χ0) is 15.9. The first-order valence-electron chi connectivity index (χ1n) is 7.74. The van der Waals surface area contributed by atoms with Crippen molar-refractivity contribution in [3.63, 3.8) is 0 Å². The Kier molecular flexibility index (Phi) is 5.85. The third-order valence-corrected chi connectivity index (χ3v) is 4.20. The fraction of sp³-hybridized carbons (Fsp3) is 0.500. The zero-order valence-electron chi connectivity index (χ0n) is 13.4. The van der Waals surface area contributed by atoms with Crippen LogP contribution in [0.4, 0.5) is 10.5 Å². The lowest BCUT2D eigenvalue weighted by molar-refractivity contribution is 0.0932. The summed E-state index contributed by atoms with van der Waals surface area (Å²) in [5.74, 6) is 2.97. The molecule has 1 aliphatic heterocycles. The Morgan fingerprint density at radius 1 is 1.36 bits per heavy atom. The number of carbonyl (C=O) groups excluding carboxylic acids is 1. The van der Waals surface area contributed by atoms with Gasteiger partial charge < -0.3 is 15.0 Å². The van der Waals surface area contributed by atoms with Crippen LogP contribution in [0.5, 0.6) is 0 Å². The van der Waals surface area contributed by atoms with Crippen molar-refractivity contribution in [3.05, 3.63) is 29.3 Å². The van der Waals surface area contributed by atoms with E-state index in [-0.39, 0.29) is 6.03 Å². The van der Waals surface area contributed by atoms with E-state index in [1.165, 1.54) is 11.1 Å². The van der Waals surface area contributed by atoms with Gasteiger partial charge in [0.05, 0.1) is 6.61 Å². The van der Waals surface area contributed by atoms with Crippen molar-refractivity contribution in [2.24, 2.45) is 5.92 Å². The summed E-state index contributed by atoms with van der Waals surface area (Å²) < 4.78 is 5.38. The molecule has 1 heterocycles. The van der Waals surface area contributed by atoms with E-state index >= 15 is 0 Å². The van der Waals surface area contributed by atoms with Crippen LogP contribution in [-0.4, -0.2) is 37.2 Å². The van der Waals surface area contributed by atoms with Crippen LogP contribution in [0.1, 0.15) is 24.0 Å². The van der Waals surface area contributed by atoms with Crippen molar-refractivity contribution < 1.29 is 9.53 Å². The van der Waals surface area contributed by atoms with Crippen LogP contribution in [0.2, 0.25) is 0 Å². The molecule has 4 heteroatoms. The minimum absolute atomic E-state index is 0.0220. The summed E-state index contributed by atoms with van der Waals surface area (Å²) in [6.45, 7) is 6.70. The molecule has 1 saturated heterocycles. The van der Waals surface area contributed by atoms with E-state index in [4.69, 9.17) is 11.2 Å². The number of nitrogens with one attached hydrogen (secondary N) is 1. The summed E-state index contributed by atoms with van der Waals surface area (Å²) in [4.78, 5) is 14.2. The Labute approximate surface area is 132 Å². The molecule has 1 aromatic carbocycles. The second kappa shape index (κ2) is 7.86. The number of hydrogen-bond acceptors (Lipinski definition) is 2. The molecule has 1 aromatic rings. The van der Waals surface area contributed by atoms with Crippen LogP contribution >= 0.6 is 0 Å². The van der Waals surface area contributed by atoms with Gasteiger partial charge in [-0.3, -0.25) is 0 Å². The molecule has 0 spiro atoms. The fourth-order valence-corrected chi connectivity index (χ4v) is 2.61. The van der Waals surface area contributed by atoms with Gasteiger partial charge in [-0.1, -0.05) is 12.0 Å². The van der Waals surface area contributed by atoms with Crippen molar-refractivity contribution in [2.75, 3.05) is 31.6 Å². The molecular weight excluding hydrogens is 276 g/mol.